The third-order valence-electron chi connectivity index (χ3n) is 7.27. The van der Waals surface area contributed by atoms with Crippen LogP contribution in [0, 0.1) is 6.92 Å². The van der Waals surface area contributed by atoms with Crippen LogP contribution in [-0.4, -0.2) is 28.3 Å². The van der Waals surface area contributed by atoms with Gasteiger partial charge in [-0.1, -0.05) is 61.7 Å². The summed E-state index contributed by atoms with van der Waals surface area (Å²) in [4.78, 5) is 28.1. The second kappa shape index (κ2) is 13.3. The van der Waals surface area contributed by atoms with Crippen molar-refractivity contribution in [1.82, 2.24) is 4.90 Å². The Morgan fingerprint density at radius 3 is 2.33 bits per heavy atom. The number of carbonyl (C=O) groups is 2. The van der Waals surface area contributed by atoms with Crippen LogP contribution in [-0.2, 0) is 22.7 Å². The fourth-order valence-electron chi connectivity index (χ4n) is 5.08. The van der Waals surface area contributed by atoms with E-state index < -0.39 is 17.7 Å². The van der Waals surface area contributed by atoms with Gasteiger partial charge in [-0.2, -0.15) is 0 Å². The van der Waals surface area contributed by atoms with Crippen LogP contribution in [0.1, 0.15) is 60.2 Å². The molecule has 1 saturated heterocycles. The summed E-state index contributed by atoms with van der Waals surface area (Å²) in [5, 5.41) is 11.4. The van der Waals surface area contributed by atoms with Crippen molar-refractivity contribution in [3.63, 3.8) is 0 Å². The molecule has 0 saturated carbocycles. The first-order chi connectivity index (χ1) is 20.4. The normalized spacial score (nSPS) is 16.1. The number of Topliss-reactive ketones (excluding diaryl/α,β-unsaturated/α-hetero) is 1. The number of furan rings is 1. The summed E-state index contributed by atoms with van der Waals surface area (Å²) in [5.41, 5.74) is 3.33. The van der Waals surface area contributed by atoms with Crippen molar-refractivity contribution >= 4 is 17.4 Å². The summed E-state index contributed by atoms with van der Waals surface area (Å²) < 4.78 is 17.3. The molecule has 216 valence electrons. The molecule has 7 nitrogen and oxygen atoms in total. The van der Waals surface area contributed by atoms with E-state index in [0.717, 1.165) is 30.4 Å². The molecule has 5 rings (SSSR count). The number of hydrogen-bond donors (Lipinski definition) is 1. The predicted octanol–water partition coefficient (Wildman–Crippen LogP) is 7.36. The van der Waals surface area contributed by atoms with E-state index in [9.17, 15) is 14.7 Å². The van der Waals surface area contributed by atoms with E-state index in [4.69, 9.17) is 13.9 Å². The van der Waals surface area contributed by atoms with Gasteiger partial charge in [-0.15, -0.1) is 0 Å². The number of aryl methyl sites for hydroxylation is 1. The molecule has 0 radical (unpaired) electrons. The molecule has 7 heteroatoms. The number of likely N-dealkylation sites (tertiary alicyclic amines) is 1. The van der Waals surface area contributed by atoms with E-state index in [2.05, 4.69) is 13.0 Å². The molecule has 42 heavy (non-hydrogen) atoms. The quantitative estimate of drug-likeness (QED) is 0.0836. The summed E-state index contributed by atoms with van der Waals surface area (Å²) in [7, 11) is 0. The molecular formula is C35H35NO6. The van der Waals surface area contributed by atoms with Crippen LogP contribution in [0.4, 0.5) is 0 Å². The fraction of sp³-hybridized carbons (Fsp3) is 0.257. The SMILES string of the molecule is CCCCCOc1ccc(C2C(=C(O)c3ccc(OCc4cccc(C)c4)cc3)C(=O)C(=O)N2Cc2ccco2)cc1. The Labute approximate surface area is 246 Å². The maximum Gasteiger partial charge on any atom is 0.296 e. The van der Waals surface area contributed by atoms with Crippen LogP contribution < -0.4 is 9.47 Å². The van der Waals surface area contributed by atoms with E-state index >= 15 is 0 Å². The number of hydrogen-bond acceptors (Lipinski definition) is 6. The van der Waals surface area contributed by atoms with Gasteiger partial charge in [0.25, 0.3) is 11.7 Å². The van der Waals surface area contributed by atoms with Crippen LogP contribution >= 0.6 is 0 Å². The lowest BCUT2D eigenvalue weighted by molar-refractivity contribution is -0.140. The number of carbonyl (C=O) groups excluding carboxylic acids is 2. The van der Waals surface area contributed by atoms with Gasteiger partial charge in [0.05, 0.1) is 31.0 Å². The van der Waals surface area contributed by atoms with Crippen molar-refractivity contribution in [1.29, 1.82) is 0 Å². The molecule has 2 heterocycles. The Kier molecular flexibility index (Phi) is 9.07. The minimum atomic E-state index is -0.804. The Hall–Kier alpha value is -4.78. The number of nitrogens with zero attached hydrogens (tertiary/aromatic N) is 1. The van der Waals surface area contributed by atoms with Crippen molar-refractivity contribution in [2.75, 3.05) is 6.61 Å². The molecule has 1 amide bonds. The number of ether oxygens (including phenoxy) is 2. The van der Waals surface area contributed by atoms with Crippen molar-refractivity contribution in [2.24, 2.45) is 0 Å². The number of aliphatic hydroxyl groups excluding tert-OH is 1. The smallest absolute Gasteiger partial charge is 0.296 e. The fourth-order valence-corrected chi connectivity index (χ4v) is 5.08. The monoisotopic (exact) mass is 565 g/mol. The summed E-state index contributed by atoms with van der Waals surface area (Å²) in [6.07, 6.45) is 4.70. The minimum Gasteiger partial charge on any atom is -0.507 e. The lowest BCUT2D eigenvalue weighted by Crippen LogP contribution is -2.29. The van der Waals surface area contributed by atoms with Gasteiger partial charge in [0.1, 0.15) is 29.6 Å². The molecule has 0 spiro atoms. The first-order valence-corrected chi connectivity index (χ1v) is 14.3. The molecule has 4 aromatic rings. The molecule has 1 aromatic heterocycles. The lowest BCUT2D eigenvalue weighted by atomic mass is 9.95. The van der Waals surface area contributed by atoms with Gasteiger partial charge in [-0.25, -0.2) is 0 Å². The number of ketones is 1. The molecular weight excluding hydrogens is 530 g/mol. The van der Waals surface area contributed by atoms with Gasteiger partial charge in [-0.05, 0) is 73.0 Å². The van der Waals surface area contributed by atoms with E-state index in [-0.39, 0.29) is 17.9 Å². The zero-order chi connectivity index (χ0) is 29.5. The highest BCUT2D eigenvalue weighted by atomic mass is 16.5. The molecule has 1 aliphatic heterocycles. The molecule has 1 N–H and O–H groups in total. The van der Waals surface area contributed by atoms with E-state index in [1.807, 2.05) is 49.4 Å². The average molecular weight is 566 g/mol. The Balaban J connectivity index is 1.42. The molecule has 1 fully saturated rings. The van der Waals surface area contributed by atoms with Crippen molar-refractivity contribution < 1.29 is 28.6 Å². The van der Waals surface area contributed by atoms with Crippen LogP contribution in [0.15, 0.2) is 101 Å². The van der Waals surface area contributed by atoms with Crippen molar-refractivity contribution in [3.8, 4) is 11.5 Å². The highest BCUT2D eigenvalue weighted by Gasteiger charge is 2.46. The number of rotatable bonds is 12. The highest BCUT2D eigenvalue weighted by molar-refractivity contribution is 6.46. The molecule has 0 aliphatic carbocycles. The second-order valence-electron chi connectivity index (χ2n) is 10.4. The van der Waals surface area contributed by atoms with Crippen LogP contribution in [0.2, 0.25) is 0 Å². The molecule has 0 bridgehead atoms. The van der Waals surface area contributed by atoms with E-state index in [1.165, 1.54) is 11.2 Å². The van der Waals surface area contributed by atoms with Crippen molar-refractivity contribution in [2.45, 2.75) is 52.3 Å². The first-order valence-electron chi connectivity index (χ1n) is 14.3. The summed E-state index contributed by atoms with van der Waals surface area (Å²) in [5.74, 6) is 0.175. The van der Waals surface area contributed by atoms with Crippen LogP contribution in [0.3, 0.4) is 0 Å². The largest absolute Gasteiger partial charge is 0.507 e. The zero-order valence-corrected chi connectivity index (χ0v) is 23.9. The highest BCUT2D eigenvalue weighted by Crippen LogP contribution is 2.41. The van der Waals surface area contributed by atoms with Gasteiger partial charge in [0.15, 0.2) is 0 Å². The molecule has 3 aromatic carbocycles. The Morgan fingerprint density at radius 1 is 0.905 bits per heavy atom. The van der Waals surface area contributed by atoms with Crippen molar-refractivity contribution in [3.05, 3.63) is 125 Å². The van der Waals surface area contributed by atoms with Gasteiger partial charge in [0, 0.05) is 5.56 Å². The number of unbranched alkanes of at least 4 members (excludes halogenated alkanes) is 2. The lowest BCUT2D eigenvalue weighted by Gasteiger charge is -2.24. The van der Waals surface area contributed by atoms with Crippen LogP contribution in [0.25, 0.3) is 5.76 Å². The molecule has 1 atom stereocenters. The maximum atomic E-state index is 13.4. The second-order valence-corrected chi connectivity index (χ2v) is 10.4. The third kappa shape index (κ3) is 6.57. The standard InChI is InChI=1S/C35H35NO6/c1-3-4-5-19-40-28-15-11-26(12-16-28)32-31(34(38)35(39)36(32)22-30-10-7-20-41-30)33(37)27-13-17-29(18-14-27)42-23-25-9-6-8-24(2)21-25/h6-18,20-21,32,37H,3-5,19,22-23H2,1-2H3. The summed E-state index contributed by atoms with van der Waals surface area (Å²) in [6.45, 7) is 5.28. The minimum absolute atomic E-state index is 0.0246. The van der Waals surface area contributed by atoms with E-state index in [1.54, 1.807) is 36.4 Å². The number of benzene rings is 3. The topological polar surface area (TPSA) is 89.2 Å². The summed E-state index contributed by atoms with van der Waals surface area (Å²) in [6, 6.07) is 24.9. The average Bonchev–Trinajstić information content (AvgIpc) is 3.61. The Bertz CT molecular complexity index is 1540. The predicted molar refractivity (Wildman–Crippen MR) is 160 cm³/mol. The van der Waals surface area contributed by atoms with Crippen LogP contribution in [0.5, 0.6) is 11.5 Å². The van der Waals surface area contributed by atoms with E-state index in [0.29, 0.717) is 41.6 Å². The third-order valence-corrected chi connectivity index (χ3v) is 7.27. The number of amides is 1. The number of aliphatic hydroxyl groups is 1. The molecule has 1 unspecified atom stereocenters. The summed E-state index contributed by atoms with van der Waals surface area (Å²) >= 11 is 0. The Morgan fingerprint density at radius 2 is 1.64 bits per heavy atom. The zero-order valence-electron chi connectivity index (χ0n) is 23.9. The molecule has 1 aliphatic rings. The van der Waals surface area contributed by atoms with Gasteiger partial charge in [-0.3, -0.25) is 9.59 Å². The van der Waals surface area contributed by atoms with Gasteiger partial charge < -0.3 is 23.9 Å². The van der Waals surface area contributed by atoms with Gasteiger partial charge in [0.2, 0.25) is 0 Å². The van der Waals surface area contributed by atoms with Gasteiger partial charge >= 0.3 is 0 Å². The maximum absolute atomic E-state index is 13.4. The first kappa shape index (κ1) is 28.7.